The van der Waals surface area contributed by atoms with Gasteiger partial charge in [0.05, 0.1) is 6.07 Å². The van der Waals surface area contributed by atoms with Crippen LogP contribution in [0.5, 0.6) is 0 Å². The number of carbonyl (C=O) groups excluding carboxylic acids is 1. The number of hydrogen-bond donors (Lipinski definition) is 1. The van der Waals surface area contributed by atoms with Gasteiger partial charge in [-0.05, 0) is 18.2 Å². The minimum absolute atomic E-state index is 0.194. The molecule has 1 amide bonds. The first-order chi connectivity index (χ1) is 8.62. The Labute approximate surface area is 114 Å². The second-order valence-electron chi connectivity index (χ2n) is 3.42. The Bertz CT molecular complexity index is 467. The maximum Gasteiger partial charge on any atom is 0.238 e. The molecule has 18 heavy (non-hydrogen) atoms. The summed E-state index contributed by atoms with van der Waals surface area (Å²) in [5, 5.41) is 11.1. The Balaban J connectivity index is 3.03. The van der Waals surface area contributed by atoms with E-state index in [1.54, 1.807) is 24.3 Å². The molecular formula is C12H13BrN2O3. The van der Waals surface area contributed by atoms with Crippen LogP contribution in [0, 0.1) is 11.3 Å². The van der Waals surface area contributed by atoms with Crippen molar-refractivity contribution in [3.05, 3.63) is 28.2 Å². The van der Waals surface area contributed by atoms with Crippen molar-refractivity contribution in [2.45, 2.75) is 12.7 Å². The highest BCUT2D eigenvalue weighted by atomic mass is 79.9. The summed E-state index contributed by atoms with van der Waals surface area (Å²) in [5.74, 6) is -0.368. The summed E-state index contributed by atoms with van der Waals surface area (Å²) in [6.45, 7) is 0. The standard InChI is InChI=1S/C12H13BrN2O3/c1-17-12(18-2)9-7-8(13)3-4-10(9)15-11(16)5-6-14/h3-4,7,12H,5H2,1-2H3,(H,15,16). The fourth-order valence-corrected chi connectivity index (χ4v) is 1.84. The Morgan fingerprint density at radius 3 is 2.72 bits per heavy atom. The molecule has 1 rings (SSSR count). The van der Waals surface area contributed by atoms with Crippen LogP contribution in [0.15, 0.2) is 22.7 Å². The van der Waals surface area contributed by atoms with E-state index in [4.69, 9.17) is 14.7 Å². The van der Waals surface area contributed by atoms with Crippen molar-refractivity contribution in [3.63, 3.8) is 0 Å². The largest absolute Gasteiger partial charge is 0.352 e. The van der Waals surface area contributed by atoms with Crippen LogP contribution < -0.4 is 5.32 Å². The van der Waals surface area contributed by atoms with Crippen LogP contribution in [0.1, 0.15) is 18.3 Å². The normalized spacial score (nSPS) is 10.2. The smallest absolute Gasteiger partial charge is 0.238 e. The molecule has 0 aliphatic carbocycles. The molecule has 0 heterocycles. The van der Waals surface area contributed by atoms with Gasteiger partial charge in [0.15, 0.2) is 6.29 Å². The van der Waals surface area contributed by atoms with Crippen molar-refractivity contribution < 1.29 is 14.3 Å². The van der Waals surface area contributed by atoms with Gasteiger partial charge in [0.2, 0.25) is 5.91 Å². The number of anilines is 1. The maximum atomic E-state index is 11.4. The van der Waals surface area contributed by atoms with Gasteiger partial charge in [0.1, 0.15) is 6.42 Å². The molecule has 1 aromatic rings. The van der Waals surface area contributed by atoms with Crippen LogP contribution in [-0.4, -0.2) is 20.1 Å². The maximum absolute atomic E-state index is 11.4. The molecule has 0 aromatic heterocycles. The van der Waals surface area contributed by atoms with Gasteiger partial charge in [-0.3, -0.25) is 4.79 Å². The topological polar surface area (TPSA) is 71.3 Å². The Morgan fingerprint density at radius 2 is 2.17 bits per heavy atom. The minimum atomic E-state index is -0.583. The number of halogens is 1. The Kier molecular flexibility index (Phi) is 5.78. The van der Waals surface area contributed by atoms with E-state index in [-0.39, 0.29) is 12.3 Å². The highest BCUT2D eigenvalue weighted by molar-refractivity contribution is 9.10. The monoisotopic (exact) mass is 312 g/mol. The molecule has 5 nitrogen and oxygen atoms in total. The fourth-order valence-electron chi connectivity index (χ4n) is 1.46. The zero-order valence-electron chi connectivity index (χ0n) is 10.1. The van der Waals surface area contributed by atoms with Gasteiger partial charge in [-0.15, -0.1) is 0 Å². The third kappa shape index (κ3) is 3.81. The Morgan fingerprint density at radius 1 is 1.50 bits per heavy atom. The summed E-state index contributed by atoms with van der Waals surface area (Å²) in [6, 6.07) is 7.09. The minimum Gasteiger partial charge on any atom is -0.352 e. The SMILES string of the molecule is COC(OC)c1cc(Br)ccc1NC(=O)CC#N. The quantitative estimate of drug-likeness (QED) is 0.848. The number of hydrogen-bond acceptors (Lipinski definition) is 4. The summed E-state index contributed by atoms with van der Waals surface area (Å²) in [4.78, 5) is 11.4. The molecule has 0 unspecified atom stereocenters. The number of rotatable bonds is 5. The number of nitrogens with one attached hydrogen (secondary N) is 1. The fraction of sp³-hybridized carbons (Fsp3) is 0.333. The van der Waals surface area contributed by atoms with E-state index in [0.717, 1.165) is 4.47 Å². The van der Waals surface area contributed by atoms with E-state index >= 15 is 0 Å². The molecule has 1 aromatic carbocycles. The van der Waals surface area contributed by atoms with Crippen LogP contribution in [0.4, 0.5) is 5.69 Å². The van der Waals surface area contributed by atoms with Gasteiger partial charge in [-0.2, -0.15) is 5.26 Å². The number of carbonyl (C=O) groups is 1. The second kappa shape index (κ2) is 7.11. The lowest BCUT2D eigenvalue weighted by Crippen LogP contribution is -2.14. The summed E-state index contributed by atoms with van der Waals surface area (Å²) in [5.41, 5.74) is 1.24. The van der Waals surface area contributed by atoms with Gasteiger partial charge >= 0.3 is 0 Å². The average Bonchev–Trinajstić information content (AvgIpc) is 2.34. The molecule has 0 spiro atoms. The third-order valence-corrected chi connectivity index (χ3v) is 2.70. The highest BCUT2D eigenvalue weighted by Gasteiger charge is 2.16. The van der Waals surface area contributed by atoms with E-state index in [1.807, 2.05) is 0 Å². The van der Waals surface area contributed by atoms with Gasteiger partial charge in [0.25, 0.3) is 0 Å². The first kappa shape index (κ1) is 14.6. The molecule has 1 N–H and O–H groups in total. The zero-order chi connectivity index (χ0) is 13.5. The number of amides is 1. The molecule has 96 valence electrons. The van der Waals surface area contributed by atoms with Crippen LogP contribution in [0.3, 0.4) is 0 Å². The van der Waals surface area contributed by atoms with Crippen molar-refractivity contribution in [2.24, 2.45) is 0 Å². The average molecular weight is 313 g/mol. The first-order valence-electron chi connectivity index (χ1n) is 5.14. The summed E-state index contributed by atoms with van der Waals surface area (Å²) < 4.78 is 11.2. The predicted octanol–water partition coefficient (Wildman–Crippen LogP) is 2.59. The van der Waals surface area contributed by atoms with Crippen molar-refractivity contribution in [3.8, 4) is 6.07 Å². The lowest BCUT2D eigenvalue weighted by Gasteiger charge is -2.18. The van der Waals surface area contributed by atoms with E-state index in [2.05, 4.69) is 21.2 Å². The molecule has 0 saturated carbocycles. The lowest BCUT2D eigenvalue weighted by atomic mass is 10.1. The van der Waals surface area contributed by atoms with Gasteiger partial charge in [-0.1, -0.05) is 15.9 Å². The molecule has 0 bridgehead atoms. The summed E-state index contributed by atoms with van der Waals surface area (Å²) >= 11 is 3.34. The van der Waals surface area contributed by atoms with E-state index in [1.165, 1.54) is 14.2 Å². The van der Waals surface area contributed by atoms with Gasteiger partial charge < -0.3 is 14.8 Å². The molecule has 6 heteroatoms. The van der Waals surface area contributed by atoms with Crippen LogP contribution in [0.2, 0.25) is 0 Å². The van der Waals surface area contributed by atoms with E-state index < -0.39 is 6.29 Å². The Hall–Kier alpha value is -1.42. The molecule has 0 atom stereocenters. The zero-order valence-corrected chi connectivity index (χ0v) is 11.7. The third-order valence-electron chi connectivity index (χ3n) is 2.21. The number of benzene rings is 1. The molecule has 0 aliphatic heterocycles. The van der Waals surface area contributed by atoms with Crippen molar-refractivity contribution in [1.29, 1.82) is 5.26 Å². The number of nitrogens with zero attached hydrogens (tertiary/aromatic N) is 1. The van der Waals surface area contributed by atoms with Crippen LogP contribution in [-0.2, 0) is 14.3 Å². The molecule has 0 fully saturated rings. The highest BCUT2D eigenvalue weighted by Crippen LogP contribution is 2.29. The molecular weight excluding hydrogens is 300 g/mol. The number of methoxy groups -OCH3 is 2. The summed E-state index contributed by atoms with van der Waals surface area (Å²) in [6.07, 6.45) is -0.778. The lowest BCUT2D eigenvalue weighted by molar-refractivity contribution is -0.115. The van der Waals surface area contributed by atoms with Crippen LogP contribution >= 0.6 is 15.9 Å². The van der Waals surface area contributed by atoms with Gasteiger partial charge in [-0.25, -0.2) is 0 Å². The molecule has 0 aliphatic rings. The number of nitriles is 1. The van der Waals surface area contributed by atoms with Crippen molar-refractivity contribution in [1.82, 2.24) is 0 Å². The predicted molar refractivity (Wildman–Crippen MR) is 69.8 cm³/mol. The first-order valence-corrected chi connectivity index (χ1v) is 5.93. The number of ether oxygens (including phenoxy) is 2. The summed E-state index contributed by atoms with van der Waals surface area (Å²) in [7, 11) is 3.02. The van der Waals surface area contributed by atoms with E-state index in [0.29, 0.717) is 11.3 Å². The van der Waals surface area contributed by atoms with Crippen molar-refractivity contribution >= 4 is 27.5 Å². The van der Waals surface area contributed by atoms with Crippen molar-refractivity contribution in [2.75, 3.05) is 19.5 Å². The van der Waals surface area contributed by atoms with Gasteiger partial charge in [0, 0.05) is 29.9 Å². The van der Waals surface area contributed by atoms with Crippen LogP contribution in [0.25, 0.3) is 0 Å². The molecule has 0 saturated heterocycles. The molecule has 0 radical (unpaired) electrons. The van der Waals surface area contributed by atoms with E-state index in [9.17, 15) is 4.79 Å². The second-order valence-corrected chi connectivity index (χ2v) is 4.33.